The van der Waals surface area contributed by atoms with Crippen molar-refractivity contribution in [1.29, 1.82) is 0 Å². The van der Waals surface area contributed by atoms with Gasteiger partial charge in [0, 0.05) is 157 Å². The Morgan fingerprint density at radius 2 is 0.676 bits per heavy atom. The molecule has 1 aliphatic carbocycles. The van der Waals surface area contributed by atoms with Gasteiger partial charge in [-0.15, -0.1) is 8.67 Å². The molecule has 18 nitrogen and oxygen atoms in total. The largest absolute Gasteiger partial charge is 0.385 e. The van der Waals surface area contributed by atoms with Crippen molar-refractivity contribution in [1.82, 2.24) is 9.15 Å². The van der Waals surface area contributed by atoms with Crippen molar-refractivity contribution in [3.05, 3.63) is 121 Å². The second-order valence-corrected chi connectivity index (χ2v) is 20.1. The Bertz CT molecular complexity index is 2320. The van der Waals surface area contributed by atoms with Crippen LogP contribution in [0.5, 0.6) is 0 Å². The summed E-state index contributed by atoms with van der Waals surface area (Å²) < 4.78 is 75.9. The van der Waals surface area contributed by atoms with E-state index < -0.39 is 20.2 Å². The van der Waals surface area contributed by atoms with Crippen molar-refractivity contribution in [2.45, 2.75) is 51.4 Å². The number of unbranched alkanes of at least 4 members (excludes halogenated alkanes) is 4. The highest BCUT2D eigenvalue weighted by molar-refractivity contribution is 7.94. The Kier molecular flexibility index (Phi) is 23.3. The second-order valence-electron chi connectivity index (χ2n) is 15.4. The van der Waals surface area contributed by atoms with Crippen LogP contribution in [0.4, 0.5) is 45.5 Å². The molecule has 0 aliphatic heterocycles. The number of hydrogen-bond acceptors (Lipinski definition) is 16. The Morgan fingerprint density at radius 1 is 0.412 bits per heavy atom. The minimum atomic E-state index is -4.00. The maximum Gasteiger partial charge on any atom is 0.264 e. The van der Waals surface area contributed by atoms with E-state index in [1.807, 2.05) is 48.5 Å². The molecular weight excluding hydrogens is 957 g/mol. The highest BCUT2D eigenvalue weighted by Gasteiger charge is 2.24. The van der Waals surface area contributed by atoms with E-state index in [0.717, 1.165) is 120 Å². The van der Waals surface area contributed by atoms with E-state index in [4.69, 9.17) is 19.6 Å². The Morgan fingerprint density at radius 3 is 0.926 bits per heavy atom. The average Bonchev–Trinajstić information content (AvgIpc) is 3.32. The summed E-state index contributed by atoms with van der Waals surface area (Å²) in [6, 6.07) is 32.4. The van der Waals surface area contributed by atoms with Gasteiger partial charge < -0.3 is 21.3 Å². The summed E-state index contributed by atoms with van der Waals surface area (Å²) in [5.41, 5.74) is 9.19. The number of hydrogen-bond donors (Lipinski definition) is 8. The SMILES string of the molecule is O=S(=O)(O)CCCCNc1ccc([N+](=C2C=CC(=[N+](c3ccc(NCCCCSOOO)cc3)c3ccc(NCCCCSOOO)cc3)C=C2)c2ccc(NCCCCS(=O)(=O)O)cc2)cc1. The average molecular weight is 1020 g/mol. The van der Waals surface area contributed by atoms with Crippen LogP contribution in [0.25, 0.3) is 0 Å². The lowest BCUT2D eigenvalue weighted by atomic mass is 10.1. The van der Waals surface area contributed by atoms with Crippen molar-refractivity contribution in [2.75, 3.05) is 70.5 Å². The molecule has 0 amide bonds. The number of anilines is 4. The highest BCUT2D eigenvalue weighted by Crippen LogP contribution is 2.28. The van der Waals surface area contributed by atoms with Crippen LogP contribution in [0.15, 0.2) is 121 Å². The Labute approximate surface area is 406 Å². The predicted octanol–water partition coefficient (Wildman–Crippen LogP) is 9.75. The van der Waals surface area contributed by atoms with Gasteiger partial charge in [-0.25, -0.2) is 10.5 Å². The van der Waals surface area contributed by atoms with E-state index in [1.165, 1.54) is 0 Å². The Hall–Kier alpha value is -4.82. The minimum Gasteiger partial charge on any atom is -0.385 e. The number of allylic oxidation sites excluding steroid dienone is 4. The topological polar surface area (TPSA) is 240 Å². The van der Waals surface area contributed by atoms with Gasteiger partial charge in [0.2, 0.25) is 34.2 Å². The van der Waals surface area contributed by atoms with Gasteiger partial charge in [-0.05, 0) is 99.9 Å². The summed E-state index contributed by atoms with van der Waals surface area (Å²) in [7, 11) is -8.00. The van der Waals surface area contributed by atoms with Crippen LogP contribution in [0.2, 0.25) is 0 Å². The molecule has 0 fully saturated rings. The zero-order valence-electron chi connectivity index (χ0n) is 37.4. The van der Waals surface area contributed by atoms with Gasteiger partial charge in [0.15, 0.2) is 0 Å². The van der Waals surface area contributed by atoms with Crippen molar-refractivity contribution in [3.63, 3.8) is 0 Å². The van der Waals surface area contributed by atoms with Gasteiger partial charge in [0.05, 0.1) is 11.5 Å². The van der Waals surface area contributed by atoms with E-state index >= 15 is 0 Å². The first-order valence-corrected chi connectivity index (χ1v) is 27.1. The van der Waals surface area contributed by atoms with Crippen LogP contribution < -0.4 is 30.4 Å². The second kappa shape index (κ2) is 29.3. The van der Waals surface area contributed by atoms with Crippen LogP contribution in [0, 0.1) is 0 Å². The molecule has 0 unspecified atom stereocenters. The molecular formula is C46H60N6O12S4+2. The van der Waals surface area contributed by atoms with E-state index in [1.54, 1.807) is 0 Å². The van der Waals surface area contributed by atoms with Gasteiger partial charge in [0.25, 0.3) is 20.2 Å². The first-order valence-electron chi connectivity index (χ1n) is 22.1. The molecule has 4 aromatic rings. The molecule has 5 rings (SSSR count). The third-order valence-corrected chi connectivity index (χ3v) is 13.1. The molecule has 0 atom stereocenters. The summed E-state index contributed by atoms with van der Waals surface area (Å²) in [6.07, 6.45) is 13.7. The standard InChI is InChI=1S/C46H58N6O12S4/c53-61-63-65-33-5-1-29-47-37-9-17-41(18-10-37)51(42-19-11-38(12-20-42)48-30-2-6-34-66-64-62-54)45-25-27-46(28-26-45)52(43-21-13-39(14-22-43)49-31-3-7-35-67(55,56)57)44-23-15-40(16-24-44)50-32-4-8-36-68(58,59)60/h9-28,47-48H,1-8,29-36H2,(H4-,49,50,53,54,55,56,57,58,59,60)/p+2. The van der Waals surface area contributed by atoms with Crippen LogP contribution in [-0.4, -0.2) is 97.1 Å². The number of nitrogens with zero attached hydrogens (tertiary/aromatic N) is 2. The lowest BCUT2D eigenvalue weighted by Gasteiger charge is -2.12. The molecule has 368 valence electrons. The fourth-order valence-corrected chi connectivity index (χ4v) is 9.00. The fraction of sp³-hybridized carbons (Fsp3) is 0.348. The molecule has 68 heavy (non-hydrogen) atoms. The van der Waals surface area contributed by atoms with Crippen LogP contribution >= 0.6 is 24.1 Å². The van der Waals surface area contributed by atoms with E-state index in [9.17, 15) is 16.8 Å². The van der Waals surface area contributed by atoms with E-state index in [-0.39, 0.29) is 11.5 Å². The molecule has 0 saturated carbocycles. The van der Waals surface area contributed by atoms with E-state index in [0.29, 0.717) is 50.3 Å². The third-order valence-electron chi connectivity index (χ3n) is 10.3. The molecule has 22 heteroatoms. The molecule has 4 aromatic carbocycles. The quantitative estimate of drug-likeness (QED) is 0.00432. The smallest absolute Gasteiger partial charge is 0.264 e. The normalized spacial score (nSPS) is 12.6. The van der Waals surface area contributed by atoms with Gasteiger partial charge in [-0.1, -0.05) is 10.1 Å². The highest BCUT2D eigenvalue weighted by atomic mass is 32.2. The summed E-state index contributed by atoms with van der Waals surface area (Å²) in [5.74, 6) is 0.807. The lowest BCUT2D eigenvalue weighted by Crippen LogP contribution is -2.20. The zero-order valence-corrected chi connectivity index (χ0v) is 40.7. The lowest BCUT2D eigenvalue weighted by molar-refractivity contribution is -0.432. The van der Waals surface area contributed by atoms with Crippen molar-refractivity contribution in [3.8, 4) is 0 Å². The van der Waals surface area contributed by atoms with Crippen LogP contribution in [-0.2, 0) is 39.0 Å². The maximum absolute atomic E-state index is 11.1. The van der Waals surface area contributed by atoms with E-state index in [2.05, 4.69) is 122 Å². The van der Waals surface area contributed by atoms with Crippen molar-refractivity contribution in [2.24, 2.45) is 0 Å². The third kappa shape index (κ3) is 20.0. The zero-order chi connectivity index (χ0) is 48.5. The Balaban J connectivity index is 1.42. The van der Waals surface area contributed by atoms with Crippen LogP contribution in [0.3, 0.4) is 0 Å². The fourth-order valence-electron chi connectivity index (χ4n) is 6.99. The molecule has 0 radical (unpaired) electrons. The summed E-state index contributed by atoms with van der Waals surface area (Å²) in [5, 5.41) is 37.5. The minimum absolute atomic E-state index is 0.279. The summed E-state index contributed by atoms with van der Waals surface area (Å²) in [4.78, 5) is 0. The molecule has 0 saturated heterocycles. The van der Waals surface area contributed by atoms with Crippen molar-refractivity contribution < 1.29 is 55.2 Å². The van der Waals surface area contributed by atoms with Crippen molar-refractivity contribution >= 4 is 101 Å². The molecule has 0 aromatic heterocycles. The molecule has 0 spiro atoms. The van der Waals surface area contributed by atoms with Gasteiger partial charge >= 0.3 is 0 Å². The van der Waals surface area contributed by atoms with Gasteiger partial charge in [-0.3, -0.25) is 9.11 Å². The summed E-state index contributed by atoms with van der Waals surface area (Å²) >= 11 is 2.10. The van der Waals surface area contributed by atoms with Gasteiger partial charge in [0.1, 0.15) is 0 Å². The van der Waals surface area contributed by atoms with Crippen LogP contribution in [0.1, 0.15) is 51.4 Å². The molecule has 0 heterocycles. The monoisotopic (exact) mass is 1020 g/mol. The maximum atomic E-state index is 11.1. The predicted molar refractivity (Wildman–Crippen MR) is 275 cm³/mol. The number of benzene rings is 4. The molecule has 1 aliphatic rings. The first-order chi connectivity index (χ1) is 32.9. The van der Waals surface area contributed by atoms with Gasteiger partial charge in [-0.2, -0.15) is 26.0 Å². The summed E-state index contributed by atoms with van der Waals surface area (Å²) in [6.45, 7) is 2.60. The number of rotatable bonds is 32. The molecule has 0 bridgehead atoms. The molecule has 8 N–H and O–H groups in total. The first kappa shape index (κ1) is 54.1. The number of nitrogens with one attached hydrogen (secondary N) is 4.